The summed E-state index contributed by atoms with van der Waals surface area (Å²) in [6.45, 7) is 3.94. The van der Waals surface area contributed by atoms with Crippen molar-refractivity contribution in [2.45, 2.75) is 31.5 Å². The van der Waals surface area contributed by atoms with Crippen LogP contribution in [0.15, 0.2) is 79.0 Å². The van der Waals surface area contributed by atoms with Gasteiger partial charge < -0.3 is 25.3 Å². The van der Waals surface area contributed by atoms with Crippen LogP contribution in [0.1, 0.15) is 17.5 Å². The number of nitrogens with one attached hydrogen (secondary N) is 3. The molecule has 6 rings (SSSR count). The molecule has 3 N–H and O–H groups in total. The van der Waals surface area contributed by atoms with Gasteiger partial charge in [0.25, 0.3) is 0 Å². The number of fused-ring (bicyclic) bond motifs is 2. The zero-order valence-corrected chi connectivity index (χ0v) is 21.8. The number of methoxy groups -OCH3 is 1. The number of aromatic amines is 1. The maximum atomic E-state index is 13.8. The molecule has 0 aliphatic carbocycles. The number of carbonyl (C=O) groups excluding carboxylic acids is 1. The Bertz CT molecular complexity index is 1390. The second-order valence-corrected chi connectivity index (χ2v) is 10.2. The summed E-state index contributed by atoms with van der Waals surface area (Å²) in [6.07, 6.45) is 3.91. The van der Waals surface area contributed by atoms with Crippen molar-refractivity contribution in [3.63, 3.8) is 0 Å². The predicted molar refractivity (Wildman–Crippen MR) is 153 cm³/mol. The van der Waals surface area contributed by atoms with Gasteiger partial charge in [-0.15, -0.1) is 0 Å². The van der Waals surface area contributed by atoms with Gasteiger partial charge in [-0.1, -0.05) is 36.4 Å². The van der Waals surface area contributed by atoms with E-state index in [1.165, 1.54) is 16.6 Å². The minimum absolute atomic E-state index is 0.0559. The molecule has 0 spiro atoms. The molecule has 1 aromatic heterocycles. The highest BCUT2D eigenvalue weighted by Crippen LogP contribution is 2.30. The third-order valence-electron chi connectivity index (χ3n) is 7.98. The number of rotatable bonds is 7. The van der Waals surface area contributed by atoms with Crippen molar-refractivity contribution >= 4 is 28.2 Å². The second-order valence-electron chi connectivity index (χ2n) is 10.2. The van der Waals surface area contributed by atoms with E-state index in [1.807, 2.05) is 30.5 Å². The Hall–Kier alpha value is -3.97. The largest absolute Gasteiger partial charge is 0.497 e. The molecular formula is C31H35N5O2. The summed E-state index contributed by atoms with van der Waals surface area (Å²) in [6, 6.07) is 24.7. The van der Waals surface area contributed by atoms with E-state index < -0.39 is 0 Å². The van der Waals surface area contributed by atoms with Gasteiger partial charge in [0.05, 0.1) is 13.2 Å². The lowest BCUT2D eigenvalue weighted by Crippen LogP contribution is -2.61. The summed E-state index contributed by atoms with van der Waals surface area (Å²) >= 11 is 0. The lowest BCUT2D eigenvalue weighted by atomic mass is 9.92. The molecule has 2 atom stereocenters. The maximum Gasteiger partial charge on any atom is 0.239 e. The van der Waals surface area contributed by atoms with Gasteiger partial charge in [-0.05, 0) is 60.4 Å². The number of nitrogens with zero attached hydrogens (tertiary/aromatic N) is 2. The summed E-state index contributed by atoms with van der Waals surface area (Å²) < 4.78 is 5.27. The smallest absolute Gasteiger partial charge is 0.239 e. The molecule has 7 heteroatoms. The third kappa shape index (κ3) is 4.94. The first-order chi connectivity index (χ1) is 18.7. The molecule has 0 bridgehead atoms. The average Bonchev–Trinajstić information content (AvgIpc) is 3.46. The van der Waals surface area contributed by atoms with Crippen LogP contribution in [0.5, 0.6) is 5.75 Å². The predicted octanol–water partition coefficient (Wildman–Crippen LogP) is 4.41. The van der Waals surface area contributed by atoms with Crippen molar-refractivity contribution in [1.82, 2.24) is 15.2 Å². The van der Waals surface area contributed by atoms with Crippen molar-refractivity contribution in [3.05, 3.63) is 90.1 Å². The van der Waals surface area contributed by atoms with E-state index in [1.54, 1.807) is 7.11 Å². The van der Waals surface area contributed by atoms with E-state index in [2.05, 4.69) is 73.9 Å². The molecule has 1 saturated heterocycles. The Kier molecular flexibility index (Phi) is 6.92. The van der Waals surface area contributed by atoms with E-state index in [4.69, 9.17) is 4.74 Å². The number of piperazine rings is 1. The van der Waals surface area contributed by atoms with Gasteiger partial charge in [0, 0.05) is 61.2 Å². The first-order valence-electron chi connectivity index (χ1n) is 13.5. The number of H-pyrrole nitrogens is 1. The van der Waals surface area contributed by atoms with Gasteiger partial charge in [0.15, 0.2) is 0 Å². The molecule has 4 aromatic rings. The minimum Gasteiger partial charge on any atom is -0.497 e. The number of carbonyl (C=O) groups is 1. The molecule has 38 heavy (non-hydrogen) atoms. The standard InChI is InChI=1S/C31H35N5O2/c1-38-24-12-9-22(10-13-24)21-33-31(37)30(28-14-11-23-5-2-3-6-26(23)34-28)36-19-17-35(18-20-36)29-8-4-7-27-25(29)15-16-32-27/h2-10,12-13,15-16,28,30,32,34H,11,14,17-21H2,1H3,(H,33,37). The average molecular weight is 510 g/mol. The van der Waals surface area contributed by atoms with Crippen molar-refractivity contribution in [2.24, 2.45) is 0 Å². The quantitative estimate of drug-likeness (QED) is 0.344. The van der Waals surface area contributed by atoms with Crippen LogP contribution in [0.2, 0.25) is 0 Å². The van der Waals surface area contributed by atoms with E-state index in [0.717, 1.165) is 61.5 Å². The molecule has 0 saturated carbocycles. The van der Waals surface area contributed by atoms with Crippen molar-refractivity contribution in [3.8, 4) is 5.75 Å². The number of aromatic nitrogens is 1. The number of hydrogen-bond acceptors (Lipinski definition) is 5. The third-order valence-corrected chi connectivity index (χ3v) is 7.98. The first kappa shape index (κ1) is 24.4. The maximum absolute atomic E-state index is 13.8. The highest BCUT2D eigenvalue weighted by molar-refractivity contribution is 5.92. The minimum atomic E-state index is -0.244. The molecule has 7 nitrogen and oxygen atoms in total. The molecule has 196 valence electrons. The zero-order chi connectivity index (χ0) is 25.9. The van der Waals surface area contributed by atoms with Gasteiger partial charge in [-0.3, -0.25) is 9.69 Å². The number of benzene rings is 3. The Morgan fingerprint density at radius 2 is 1.82 bits per heavy atom. The fourth-order valence-electron chi connectivity index (χ4n) is 5.92. The molecule has 0 radical (unpaired) electrons. The summed E-state index contributed by atoms with van der Waals surface area (Å²) in [5.41, 5.74) is 5.95. The van der Waals surface area contributed by atoms with Crippen LogP contribution in [-0.2, 0) is 17.8 Å². The van der Waals surface area contributed by atoms with Gasteiger partial charge >= 0.3 is 0 Å². The summed E-state index contributed by atoms with van der Waals surface area (Å²) in [7, 11) is 1.66. The molecule has 1 amide bonds. The van der Waals surface area contributed by atoms with Crippen molar-refractivity contribution in [2.75, 3.05) is 43.5 Å². The fraction of sp³-hybridized carbons (Fsp3) is 0.323. The number of aryl methyl sites for hydroxylation is 1. The van der Waals surface area contributed by atoms with Crippen LogP contribution >= 0.6 is 0 Å². The molecule has 3 aromatic carbocycles. The fourth-order valence-corrected chi connectivity index (χ4v) is 5.92. The van der Waals surface area contributed by atoms with Gasteiger partial charge in [0.1, 0.15) is 11.8 Å². The van der Waals surface area contributed by atoms with Crippen LogP contribution in [0.4, 0.5) is 11.4 Å². The topological polar surface area (TPSA) is 72.6 Å². The second kappa shape index (κ2) is 10.8. The number of hydrogen-bond donors (Lipinski definition) is 3. The first-order valence-corrected chi connectivity index (χ1v) is 13.5. The van der Waals surface area contributed by atoms with Crippen LogP contribution in [0.3, 0.4) is 0 Å². The van der Waals surface area contributed by atoms with E-state index in [0.29, 0.717) is 6.54 Å². The summed E-state index contributed by atoms with van der Waals surface area (Å²) in [5, 5.41) is 8.21. The molecule has 2 aliphatic rings. The monoisotopic (exact) mass is 509 g/mol. The lowest BCUT2D eigenvalue weighted by molar-refractivity contribution is -0.127. The van der Waals surface area contributed by atoms with Gasteiger partial charge in [0.2, 0.25) is 5.91 Å². The highest BCUT2D eigenvalue weighted by atomic mass is 16.5. The van der Waals surface area contributed by atoms with Gasteiger partial charge in [-0.25, -0.2) is 0 Å². The highest BCUT2D eigenvalue weighted by Gasteiger charge is 2.37. The van der Waals surface area contributed by atoms with E-state index in [9.17, 15) is 4.79 Å². The molecule has 2 aliphatic heterocycles. The Morgan fingerprint density at radius 3 is 2.63 bits per heavy atom. The van der Waals surface area contributed by atoms with Crippen LogP contribution in [0.25, 0.3) is 10.9 Å². The van der Waals surface area contributed by atoms with Crippen LogP contribution in [-0.4, -0.2) is 61.2 Å². The van der Waals surface area contributed by atoms with Crippen molar-refractivity contribution < 1.29 is 9.53 Å². The molecule has 1 fully saturated rings. The molecule has 2 unspecified atom stereocenters. The number of ether oxygens (including phenoxy) is 1. The zero-order valence-electron chi connectivity index (χ0n) is 21.8. The summed E-state index contributed by atoms with van der Waals surface area (Å²) in [4.78, 5) is 22.0. The number of amides is 1. The van der Waals surface area contributed by atoms with Crippen LogP contribution < -0.4 is 20.3 Å². The van der Waals surface area contributed by atoms with Crippen molar-refractivity contribution in [1.29, 1.82) is 0 Å². The Morgan fingerprint density at radius 1 is 1.00 bits per heavy atom. The number of anilines is 2. The normalized spacial score (nSPS) is 18.4. The number of para-hydroxylation sites is 1. The van der Waals surface area contributed by atoms with Gasteiger partial charge in [-0.2, -0.15) is 0 Å². The molecular weight excluding hydrogens is 474 g/mol. The SMILES string of the molecule is COc1ccc(CNC(=O)C(C2CCc3ccccc3N2)N2CCN(c3cccc4[nH]ccc34)CC2)cc1. The lowest BCUT2D eigenvalue weighted by Gasteiger charge is -2.43. The Labute approximate surface area is 223 Å². The van der Waals surface area contributed by atoms with Crippen LogP contribution in [0, 0.1) is 0 Å². The Balaban J connectivity index is 1.19. The summed E-state index contributed by atoms with van der Waals surface area (Å²) in [5.74, 6) is 0.898. The van der Waals surface area contributed by atoms with E-state index >= 15 is 0 Å². The molecule has 3 heterocycles. The van der Waals surface area contributed by atoms with E-state index in [-0.39, 0.29) is 18.0 Å².